The van der Waals surface area contributed by atoms with Crippen molar-refractivity contribution in [1.29, 1.82) is 0 Å². The van der Waals surface area contributed by atoms with Gasteiger partial charge in [-0.25, -0.2) is 9.29 Å². The number of imide groups is 1. The highest BCUT2D eigenvalue weighted by Crippen LogP contribution is 2.54. The summed E-state index contributed by atoms with van der Waals surface area (Å²) in [6.07, 6.45) is 0. The molecule has 0 radical (unpaired) electrons. The molecular formula is C24H20FN3O5S3. The number of carbonyl (C=O) groups is 3. The van der Waals surface area contributed by atoms with E-state index in [1.54, 1.807) is 4.90 Å². The number of benzene rings is 1. The summed E-state index contributed by atoms with van der Waals surface area (Å²) < 4.78 is 20.3. The molecule has 0 N–H and O–H groups in total. The van der Waals surface area contributed by atoms with Crippen LogP contribution in [0.25, 0.3) is 0 Å². The topological polar surface area (TPSA) is 88.9 Å². The van der Waals surface area contributed by atoms with E-state index in [-0.39, 0.29) is 23.2 Å². The molecule has 12 heteroatoms. The molecule has 5 heterocycles. The molecule has 0 unspecified atom stereocenters. The molecule has 3 aliphatic heterocycles. The molecule has 3 atom stereocenters. The number of aromatic nitrogens is 1. The molecule has 36 heavy (non-hydrogen) atoms. The van der Waals surface area contributed by atoms with Gasteiger partial charge in [0.2, 0.25) is 17.7 Å². The minimum absolute atomic E-state index is 0.129. The Kier molecular flexibility index (Phi) is 6.06. The first-order chi connectivity index (χ1) is 17.4. The van der Waals surface area contributed by atoms with E-state index >= 15 is 0 Å². The molecule has 3 aliphatic rings. The molecule has 0 aliphatic carbocycles. The lowest BCUT2D eigenvalue weighted by molar-refractivity contribution is -0.136. The second-order valence-corrected chi connectivity index (χ2v) is 11.8. The molecule has 186 valence electrons. The van der Waals surface area contributed by atoms with Crippen LogP contribution in [0.4, 0.5) is 10.1 Å². The highest BCUT2D eigenvalue weighted by atomic mass is 32.2. The zero-order valence-corrected chi connectivity index (χ0v) is 21.2. The van der Waals surface area contributed by atoms with E-state index in [4.69, 9.17) is 4.74 Å². The van der Waals surface area contributed by atoms with E-state index in [0.29, 0.717) is 41.9 Å². The van der Waals surface area contributed by atoms with Gasteiger partial charge in [-0.15, -0.1) is 11.3 Å². The van der Waals surface area contributed by atoms with Gasteiger partial charge in [0, 0.05) is 28.8 Å². The number of anilines is 1. The van der Waals surface area contributed by atoms with Crippen LogP contribution in [0.15, 0.2) is 51.6 Å². The molecule has 0 spiro atoms. The first-order valence-corrected chi connectivity index (χ1v) is 13.9. The molecule has 2 fully saturated rings. The van der Waals surface area contributed by atoms with Crippen molar-refractivity contribution in [3.8, 4) is 0 Å². The van der Waals surface area contributed by atoms with Crippen LogP contribution < -0.4 is 9.77 Å². The number of fused-ring (bicyclic) bond motifs is 2. The van der Waals surface area contributed by atoms with Crippen molar-refractivity contribution in [3.63, 3.8) is 0 Å². The van der Waals surface area contributed by atoms with Crippen molar-refractivity contribution in [2.75, 3.05) is 31.2 Å². The molecule has 0 saturated carbocycles. The molecule has 8 nitrogen and oxygen atoms in total. The van der Waals surface area contributed by atoms with Crippen molar-refractivity contribution in [1.82, 2.24) is 9.47 Å². The number of thioether (sulfide) groups is 1. The lowest BCUT2D eigenvalue weighted by atomic mass is 9.87. The zero-order valence-electron chi connectivity index (χ0n) is 18.8. The normalized spacial score (nSPS) is 23.6. The van der Waals surface area contributed by atoms with E-state index in [9.17, 15) is 23.6 Å². The van der Waals surface area contributed by atoms with Gasteiger partial charge in [-0.3, -0.25) is 23.7 Å². The number of carbonyl (C=O) groups excluding carboxylic acids is 3. The summed E-state index contributed by atoms with van der Waals surface area (Å²) in [6.45, 7) is 1.72. The van der Waals surface area contributed by atoms with E-state index in [1.165, 1.54) is 51.9 Å². The van der Waals surface area contributed by atoms with Gasteiger partial charge in [-0.05, 0) is 35.7 Å². The number of morpholine rings is 1. The van der Waals surface area contributed by atoms with Crippen LogP contribution in [0.3, 0.4) is 0 Å². The van der Waals surface area contributed by atoms with Crippen LogP contribution in [0.1, 0.15) is 15.7 Å². The molecule has 3 aromatic rings. The average molecular weight is 546 g/mol. The zero-order chi connectivity index (χ0) is 25.0. The first-order valence-electron chi connectivity index (χ1n) is 11.4. The third-order valence-corrected chi connectivity index (χ3v) is 10.2. The molecular weight excluding hydrogens is 525 g/mol. The van der Waals surface area contributed by atoms with Crippen LogP contribution >= 0.6 is 34.4 Å². The van der Waals surface area contributed by atoms with E-state index < -0.39 is 28.8 Å². The van der Waals surface area contributed by atoms with Crippen molar-refractivity contribution in [2.24, 2.45) is 5.92 Å². The SMILES string of the molecule is O=C(Cn1c2c(sc1=O)[C@@H](c1cccs1)[C@@H]1C(=O)N(c3ccc(F)cc3)C(=O)[C@@H]1S2)N1CCOCC1. The van der Waals surface area contributed by atoms with Gasteiger partial charge in [-0.2, -0.15) is 0 Å². The molecule has 3 amide bonds. The summed E-state index contributed by atoms with van der Waals surface area (Å²) in [5, 5.41) is 1.70. The Bertz CT molecular complexity index is 1400. The van der Waals surface area contributed by atoms with Crippen molar-refractivity contribution in [3.05, 3.63) is 67.0 Å². The highest BCUT2D eigenvalue weighted by molar-refractivity contribution is 8.00. The van der Waals surface area contributed by atoms with E-state index in [1.807, 2.05) is 17.5 Å². The van der Waals surface area contributed by atoms with Crippen LogP contribution in [0.5, 0.6) is 0 Å². The maximum atomic E-state index is 13.7. The van der Waals surface area contributed by atoms with E-state index in [0.717, 1.165) is 21.1 Å². The van der Waals surface area contributed by atoms with Gasteiger partial charge in [0.05, 0.1) is 29.8 Å². The number of rotatable bonds is 4. The number of thiophene rings is 1. The Hall–Kier alpha value is -2.80. The van der Waals surface area contributed by atoms with E-state index in [2.05, 4.69) is 0 Å². The number of nitrogens with zero attached hydrogens (tertiary/aromatic N) is 3. The average Bonchev–Trinajstić information content (AvgIpc) is 3.58. The van der Waals surface area contributed by atoms with Crippen LogP contribution in [0.2, 0.25) is 0 Å². The van der Waals surface area contributed by atoms with Crippen molar-refractivity contribution < 1.29 is 23.5 Å². The largest absolute Gasteiger partial charge is 0.378 e. The summed E-state index contributed by atoms with van der Waals surface area (Å²) >= 11 is 3.67. The van der Waals surface area contributed by atoms with Crippen LogP contribution in [-0.4, -0.2) is 58.7 Å². The number of amides is 3. The predicted octanol–water partition coefficient (Wildman–Crippen LogP) is 2.77. The van der Waals surface area contributed by atoms with Gasteiger partial charge >= 0.3 is 4.87 Å². The maximum Gasteiger partial charge on any atom is 0.308 e. The third-order valence-electron chi connectivity index (χ3n) is 6.64. The maximum absolute atomic E-state index is 13.7. The summed E-state index contributed by atoms with van der Waals surface area (Å²) in [7, 11) is 0. The lowest BCUT2D eigenvalue weighted by Gasteiger charge is -2.30. The minimum Gasteiger partial charge on any atom is -0.378 e. The van der Waals surface area contributed by atoms with Crippen LogP contribution in [-0.2, 0) is 25.7 Å². The standard InChI is InChI=1S/C24H20FN3O5S3/c25-13-3-5-14(6-4-13)28-21(30)18-17(15-2-1-11-34-15)20-23(35-19(18)22(28)31)27(24(32)36-20)12-16(29)26-7-9-33-10-8-26/h1-6,11,17-19H,7-10,12H2/t17-,18-,19+/m0/s1. The fourth-order valence-corrected chi connectivity index (χ4v) is 8.64. The van der Waals surface area contributed by atoms with Crippen LogP contribution in [0, 0.1) is 11.7 Å². The lowest BCUT2D eigenvalue weighted by Crippen LogP contribution is -2.43. The Morgan fingerprint density at radius 3 is 2.50 bits per heavy atom. The van der Waals surface area contributed by atoms with Crippen molar-refractivity contribution in [2.45, 2.75) is 22.7 Å². The third kappa shape index (κ3) is 3.83. The Labute approximate surface area is 217 Å². The second kappa shape index (κ2) is 9.25. The molecule has 0 bridgehead atoms. The number of thiazole rings is 1. The molecule has 1 aromatic carbocycles. The van der Waals surface area contributed by atoms with Gasteiger partial charge in [0.15, 0.2) is 0 Å². The number of halogens is 1. The Morgan fingerprint density at radius 1 is 1.06 bits per heavy atom. The monoisotopic (exact) mass is 545 g/mol. The Balaban J connectivity index is 1.41. The predicted molar refractivity (Wildman–Crippen MR) is 134 cm³/mol. The molecule has 2 saturated heterocycles. The van der Waals surface area contributed by atoms with Gasteiger partial charge < -0.3 is 9.64 Å². The Morgan fingerprint density at radius 2 is 1.81 bits per heavy atom. The number of hydrogen-bond acceptors (Lipinski definition) is 8. The molecule has 6 rings (SSSR count). The quantitative estimate of drug-likeness (QED) is 0.469. The van der Waals surface area contributed by atoms with Gasteiger partial charge in [0.25, 0.3) is 0 Å². The summed E-state index contributed by atoms with van der Waals surface area (Å²) in [4.78, 5) is 57.4. The fourth-order valence-electron chi connectivity index (χ4n) is 4.92. The summed E-state index contributed by atoms with van der Waals surface area (Å²) in [5.41, 5.74) is 0.314. The number of ether oxygens (including phenoxy) is 1. The molecule has 2 aromatic heterocycles. The van der Waals surface area contributed by atoms with Gasteiger partial charge in [0.1, 0.15) is 17.6 Å². The first kappa shape index (κ1) is 23.6. The summed E-state index contributed by atoms with van der Waals surface area (Å²) in [6, 6.07) is 9.04. The smallest absolute Gasteiger partial charge is 0.308 e. The fraction of sp³-hybridized carbons (Fsp3) is 0.333. The second-order valence-electron chi connectivity index (χ2n) is 8.66. The number of hydrogen-bond donors (Lipinski definition) is 0. The van der Waals surface area contributed by atoms with Gasteiger partial charge in [-0.1, -0.05) is 29.2 Å². The minimum atomic E-state index is -0.763. The highest BCUT2D eigenvalue weighted by Gasteiger charge is 2.57. The summed E-state index contributed by atoms with van der Waals surface area (Å²) in [5.74, 6) is -2.61. The van der Waals surface area contributed by atoms with Crippen molar-refractivity contribution >= 4 is 57.8 Å².